The number of hydrogen-bond acceptors (Lipinski definition) is 5. The van der Waals surface area contributed by atoms with Gasteiger partial charge in [0.05, 0.1) is 25.5 Å². The summed E-state index contributed by atoms with van der Waals surface area (Å²) in [5.74, 6) is 0.968. The maximum Gasteiger partial charge on any atom is 0.236 e. The first-order valence-electron chi connectivity index (χ1n) is 12.8. The molecule has 34 heavy (non-hydrogen) atoms. The van der Waals surface area contributed by atoms with Crippen LogP contribution in [0.2, 0.25) is 0 Å². The van der Waals surface area contributed by atoms with Crippen LogP contribution < -0.4 is 4.74 Å². The summed E-state index contributed by atoms with van der Waals surface area (Å²) in [5, 5.41) is 0. The molecule has 188 valence electrons. The molecule has 2 aliphatic rings. The minimum absolute atomic E-state index is 0.0467. The maximum absolute atomic E-state index is 13.3. The van der Waals surface area contributed by atoms with Crippen molar-refractivity contribution in [3.8, 4) is 5.75 Å². The standard InChI is InChI=1S/C26H40N4O4/c1-3-28(4-2)25(32)21-27-14-9-16-29(18-17-27)26(33)22-10-8-15-30(20-22)24(31)13-19-34-23-11-6-5-7-12-23/h5-7,11-12,22H,3-4,8-10,13-21H2,1-2H3. The molecule has 0 N–H and O–H groups in total. The van der Waals surface area contributed by atoms with Crippen LogP contribution in [0.5, 0.6) is 5.75 Å². The van der Waals surface area contributed by atoms with Crippen LogP contribution in [0.3, 0.4) is 0 Å². The predicted molar refractivity (Wildman–Crippen MR) is 131 cm³/mol. The molecule has 3 rings (SSSR count). The lowest BCUT2D eigenvalue weighted by atomic mass is 9.96. The summed E-state index contributed by atoms with van der Waals surface area (Å²) in [6.45, 7) is 10.3. The lowest BCUT2D eigenvalue weighted by Crippen LogP contribution is -2.48. The minimum atomic E-state index is -0.142. The van der Waals surface area contributed by atoms with Crippen LogP contribution in [0, 0.1) is 5.92 Å². The Bertz CT molecular complexity index is 799. The minimum Gasteiger partial charge on any atom is -0.493 e. The van der Waals surface area contributed by atoms with E-state index in [0.29, 0.717) is 52.3 Å². The molecule has 0 aromatic heterocycles. The number of nitrogens with zero attached hydrogens (tertiary/aromatic N) is 4. The highest BCUT2D eigenvalue weighted by molar-refractivity contribution is 5.81. The number of para-hydroxylation sites is 1. The summed E-state index contributed by atoms with van der Waals surface area (Å²) in [6, 6.07) is 9.49. The third kappa shape index (κ3) is 7.45. The number of rotatable bonds is 9. The van der Waals surface area contributed by atoms with E-state index in [9.17, 15) is 14.4 Å². The first kappa shape index (κ1) is 26.0. The molecule has 8 heteroatoms. The highest BCUT2D eigenvalue weighted by Gasteiger charge is 2.32. The van der Waals surface area contributed by atoms with Crippen molar-refractivity contribution in [2.45, 2.75) is 39.5 Å². The second kappa shape index (κ2) is 13.3. The molecule has 0 spiro atoms. The van der Waals surface area contributed by atoms with Gasteiger partial charge in [-0.3, -0.25) is 19.3 Å². The van der Waals surface area contributed by atoms with Gasteiger partial charge in [0.15, 0.2) is 0 Å². The van der Waals surface area contributed by atoms with Crippen molar-refractivity contribution in [2.75, 3.05) is 65.5 Å². The highest BCUT2D eigenvalue weighted by Crippen LogP contribution is 2.21. The molecule has 2 aliphatic heterocycles. The van der Waals surface area contributed by atoms with Crippen molar-refractivity contribution < 1.29 is 19.1 Å². The van der Waals surface area contributed by atoms with Crippen LogP contribution in [0.4, 0.5) is 0 Å². The summed E-state index contributed by atoms with van der Waals surface area (Å²) < 4.78 is 5.66. The number of ether oxygens (including phenoxy) is 1. The molecule has 0 bridgehead atoms. The number of benzene rings is 1. The van der Waals surface area contributed by atoms with Crippen LogP contribution in [-0.2, 0) is 14.4 Å². The monoisotopic (exact) mass is 472 g/mol. The molecule has 0 aliphatic carbocycles. The Kier molecular flexibility index (Phi) is 10.2. The van der Waals surface area contributed by atoms with E-state index >= 15 is 0 Å². The largest absolute Gasteiger partial charge is 0.493 e. The van der Waals surface area contributed by atoms with Crippen LogP contribution in [-0.4, -0.2) is 103 Å². The highest BCUT2D eigenvalue weighted by atomic mass is 16.5. The number of carbonyl (C=O) groups excluding carboxylic acids is 3. The van der Waals surface area contributed by atoms with Crippen molar-refractivity contribution in [3.63, 3.8) is 0 Å². The number of piperidine rings is 1. The Morgan fingerprint density at radius 1 is 0.941 bits per heavy atom. The van der Waals surface area contributed by atoms with E-state index in [1.165, 1.54) is 0 Å². The fourth-order valence-corrected chi connectivity index (χ4v) is 4.81. The van der Waals surface area contributed by atoms with Crippen LogP contribution in [0.25, 0.3) is 0 Å². The van der Waals surface area contributed by atoms with Gasteiger partial charge < -0.3 is 19.4 Å². The van der Waals surface area contributed by atoms with E-state index in [2.05, 4.69) is 4.90 Å². The van der Waals surface area contributed by atoms with Crippen molar-refractivity contribution >= 4 is 17.7 Å². The van der Waals surface area contributed by atoms with Gasteiger partial charge in [-0.1, -0.05) is 18.2 Å². The average Bonchev–Trinajstić information content (AvgIpc) is 3.10. The first-order chi connectivity index (χ1) is 16.5. The van der Waals surface area contributed by atoms with Crippen molar-refractivity contribution in [3.05, 3.63) is 30.3 Å². The number of carbonyl (C=O) groups is 3. The van der Waals surface area contributed by atoms with Crippen molar-refractivity contribution in [2.24, 2.45) is 5.92 Å². The summed E-state index contributed by atoms with van der Waals surface area (Å²) in [5.41, 5.74) is 0. The summed E-state index contributed by atoms with van der Waals surface area (Å²) in [6.07, 6.45) is 2.85. The molecule has 1 aromatic carbocycles. The molecule has 8 nitrogen and oxygen atoms in total. The van der Waals surface area contributed by atoms with Crippen molar-refractivity contribution in [1.29, 1.82) is 0 Å². The third-order valence-corrected chi connectivity index (χ3v) is 6.83. The van der Waals surface area contributed by atoms with E-state index < -0.39 is 0 Å². The zero-order valence-electron chi connectivity index (χ0n) is 20.8. The normalized spacial score (nSPS) is 19.4. The van der Waals surface area contributed by atoms with Crippen LogP contribution in [0.15, 0.2) is 30.3 Å². The average molecular weight is 473 g/mol. The van der Waals surface area contributed by atoms with Gasteiger partial charge in [0, 0.05) is 52.4 Å². The summed E-state index contributed by atoms with van der Waals surface area (Å²) in [7, 11) is 0. The fourth-order valence-electron chi connectivity index (χ4n) is 4.81. The Morgan fingerprint density at radius 3 is 2.41 bits per heavy atom. The molecular formula is C26H40N4O4. The molecule has 3 amide bonds. The molecule has 2 heterocycles. The number of likely N-dealkylation sites (N-methyl/N-ethyl adjacent to an activating group) is 1. The Labute approximate surface area is 203 Å². The summed E-state index contributed by atoms with van der Waals surface area (Å²) >= 11 is 0. The van der Waals surface area contributed by atoms with Gasteiger partial charge in [-0.15, -0.1) is 0 Å². The van der Waals surface area contributed by atoms with E-state index in [0.717, 1.165) is 44.6 Å². The van der Waals surface area contributed by atoms with E-state index in [-0.39, 0.29) is 23.6 Å². The van der Waals surface area contributed by atoms with Gasteiger partial charge in [0.2, 0.25) is 17.7 Å². The molecule has 0 saturated carbocycles. The van der Waals surface area contributed by atoms with Crippen LogP contribution in [0.1, 0.15) is 39.5 Å². The Balaban J connectivity index is 1.44. The molecule has 0 radical (unpaired) electrons. The van der Waals surface area contributed by atoms with Gasteiger partial charge in [0.25, 0.3) is 0 Å². The van der Waals surface area contributed by atoms with Gasteiger partial charge in [-0.05, 0) is 45.2 Å². The second-order valence-electron chi connectivity index (χ2n) is 9.11. The van der Waals surface area contributed by atoms with Gasteiger partial charge in [-0.25, -0.2) is 0 Å². The second-order valence-corrected chi connectivity index (χ2v) is 9.11. The zero-order chi connectivity index (χ0) is 24.3. The molecule has 1 unspecified atom stereocenters. The number of likely N-dealkylation sites (tertiary alicyclic amines) is 1. The van der Waals surface area contributed by atoms with Gasteiger partial charge >= 0.3 is 0 Å². The lowest BCUT2D eigenvalue weighted by molar-refractivity contribution is -0.141. The quantitative estimate of drug-likeness (QED) is 0.550. The van der Waals surface area contributed by atoms with E-state index in [4.69, 9.17) is 4.74 Å². The van der Waals surface area contributed by atoms with Crippen LogP contribution >= 0.6 is 0 Å². The maximum atomic E-state index is 13.3. The lowest BCUT2D eigenvalue weighted by Gasteiger charge is -2.35. The Morgan fingerprint density at radius 2 is 1.68 bits per heavy atom. The van der Waals surface area contributed by atoms with E-state index in [1.54, 1.807) is 0 Å². The van der Waals surface area contributed by atoms with E-state index in [1.807, 2.05) is 58.9 Å². The molecule has 1 atom stereocenters. The number of amides is 3. The third-order valence-electron chi connectivity index (χ3n) is 6.83. The first-order valence-corrected chi connectivity index (χ1v) is 12.8. The summed E-state index contributed by atoms with van der Waals surface area (Å²) in [4.78, 5) is 46.2. The molecule has 2 fully saturated rings. The molecule has 2 saturated heterocycles. The topological polar surface area (TPSA) is 73.4 Å². The SMILES string of the molecule is CCN(CC)C(=O)CN1CCCN(C(=O)C2CCCN(C(=O)CCOc3ccccc3)C2)CC1. The smallest absolute Gasteiger partial charge is 0.236 e. The fraction of sp³-hybridized carbons (Fsp3) is 0.654. The van der Waals surface area contributed by atoms with Crippen molar-refractivity contribution in [1.82, 2.24) is 19.6 Å². The van der Waals surface area contributed by atoms with Gasteiger partial charge in [0.1, 0.15) is 5.75 Å². The zero-order valence-corrected chi connectivity index (χ0v) is 20.8. The molecular weight excluding hydrogens is 432 g/mol. The number of hydrogen-bond donors (Lipinski definition) is 0. The Hall–Kier alpha value is -2.61. The molecule has 1 aromatic rings. The van der Waals surface area contributed by atoms with Gasteiger partial charge in [-0.2, -0.15) is 0 Å². The predicted octanol–water partition coefficient (Wildman–Crippen LogP) is 2.10.